The van der Waals surface area contributed by atoms with Gasteiger partial charge in [-0.2, -0.15) is 0 Å². The summed E-state index contributed by atoms with van der Waals surface area (Å²) < 4.78 is 0. The van der Waals surface area contributed by atoms with Crippen LogP contribution in [0, 0.1) is 6.92 Å². The van der Waals surface area contributed by atoms with Gasteiger partial charge in [-0.15, -0.1) is 0 Å². The Bertz CT molecular complexity index is 930. The van der Waals surface area contributed by atoms with E-state index in [1.165, 1.54) is 36.4 Å². The number of piperidine rings is 1. The van der Waals surface area contributed by atoms with Gasteiger partial charge in [-0.25, -0.2) is 4.98 Å². The lowest BCUT2D eigenvalue weighted by Gasteiger charge is -2.29. The summed E-state index contributed by atoms with van der Waals surface area (Å²) in [7, 11) is 0. The fourth-order valence-electron chi connectivity index (χ4n) is 3.91. The number of anilines is 1. The number of rotatable bonds is 5. The molecule has 4 rings (SSSR count). The number of carbonyl (C=O) groups excluding carboxylic acids is 1. The lowest BCUT2D eigenvalue weighted by Crippen LogP contribution is -3.11. The lowest BCUT2D eigenvalue weighted by atomic mass is 9.89. The molecule has 1 aromatic heterocycles. The standard InChI is InChI=1S/C23H25N3OS/c1-17-6-5-9-20(14-17)22(27)25-23-24-15-21(28-23)16-26-12-10-19(11-13-26)18-7-3-2-4-8-18/h2-9,14-15,19H,10-13,16H2,1H3,(H,24,25,27)/p+1. The Labute approximate surface area is 170 Å². The van der Waals surface area contributed by atoms with Crippen molar-refractivity contribution in [2.45, 2.75) is 32.2 Å². The number of aromatic nitrogens is 1. The van der Waals surface area contributed by atoms with E-state index in [0.29, 0.717) is 16.6 Å². The third kappa shape index (κ3) is 4.66. The molecule has 0 unspecified atom stereocenters. The molecule has 5 heteroatoms. The summed E-state index contributed by atoms with van der Waals surface area (Å²) in [6.45, 7) is 5.34. The second-order valence-corrected chi connectivity index (χ2v) is 8.68. The van der Waals surface area contributed by atoms with Crippen molar-refractivity contribution in [3.8, 4) is 0 Å². The number of nitrogens with one attached hydrogen (secondary N) is 2. The molecule has 2 N–H and O–H groups in total. The van der Waals surface area contributed by atoms with E-state index >= 15 is 0 Å². The van der Waals surface area contributed by atoms with Crippen LogP contribution in [0.5, 0.6) is 0 Å². The van der Waals surface area contributed by atoms with Crippen LogP contribution in [0.15, 0.2) is 60.8 Å². The number of benzene rings is 2. The first kappa shape index (κ1) is 18.8. The predicted molar refractivity (Wildman–Crippen MR) is 114 cm³/mol. The molecule has 28 heavy (non-hydrogen) atoms. The molecule has 0 aliphatic carbocycles. The number of carbonyl (C=O) groups is 1. The molecule has 144 valence electrons. The summed E-state index contributed by atoms with van der Waals surface area (Å²) in [6, 6.07) is 18.5. The number of amides is 1. The van der Waals surface area contributed by atoms with Crippen molar-refractivity contribution in [1.29, 1.82) is 0 Å². The summed E-state index contributed by atoms with van der Waals surface area (Å²) in [5, 5.41) is 3.61. The minimum absolute atomic E-state index is 0.0966. The molecule has 1 amide bonds. The molecular formula is C23H26N3OS+. The van der Waals surface area contributed by atoms with E-state index in [-0.39, 0.29) is 5.91 Å². The maximum atomic E-state index is 12.4. The minimum Gasteiger partial charge on any atom is -0.330 e. The molecular weight excluding hydrogens is 366 g/mol. The van der Waals surface area contributed by atoms with Crippen LogP contribution in [0.25, 0.3) is 0 Å². The Kier molecular flexibility index (Phi) is 5.84. The average molecular weight is 393 g/mol. The normalized spacial score (nSPS) is 19.3. The van der Waals surface area contributed by atoms with Crippen LogP contribution in [0.1, 0.15) is 45.1 Å². The van der Waals surface area contributed by atoms with Gasteiger partial charge < -0.3 is 4.90 Å². The summed E-state index contributed by atoms with van der Waals surface area (Å²) in [4.78, 5) is 19.6. The topological polar surface area (TPSA) is 46.4 Å². The summed E-state index contributed by atoms with van der Waals surface area (Å²) in [5.41, 5.74) is 3.22. The number of hydrogen-bond acceptors (Lipinski definition) is 3. The summed E-state index contributed by atoms with van der Waals surface area (Å²) in [6.07, 6.45) is 4.37. The number of nitrogens with zero attached hydrogens (tertiary/aromatic N) is 1. The largest absolute Gasteiger partial charge is 0.330 e. The van der Waals surface area contributed by atoms with Crippen LogP contribution < -0.4 is 10.2 Å². The van der Waals surface area contributed by atoms with Crippen molar-refractivity contribution in [3.63, 3.8) is 0 Å². The molecule has 3 aromatic rings. The number of aryl methyl sites for hydroxylation is 1. The molecule has 1 aliphatic rings. The van der Waals surface area contributed by atoms with Crippen molar-refractivity contribution in [1.82, 2.24) is 4.98 Å². The van der Waals surface area contributed by atoms with Crippen LogP contribution in [0.4, 0.5) is 5.13 Å². The van der Waals surface area contributed by atoms with Gasteiger partial charge in [-0.1, -0.05) is 59.4 Å². The zero-order chi connectivity index (χ0) is 19.3. The summed E-state index contributed by atoms with van der Waals surface area (Å²) in [5.74, 6) is 0.594. The van der Waals surface area contributed by atoms with Crippen molar-refractivity contribution in [3.05, 3.63) is 82.4 Å². The first-order chi connectivity index (χ1) is 13.7. The highest BCUT2D eigenvalue weighted by atomic mass is 32.1. The van der Waals surface area contributed by atoms with Gasteiger partial charge in [0.25, 0.3) is 5.91 Å². The van der Waals surface area contributed by atoms with Gasteiger partial charge in [0.05, 0.1) is 18.0 Å². The van der Waals surface area contributed by atoms with Crippen LogP contribution in [0.2, 0.25) is 0 Å². The highest BCUT2D eigenvalue weighted by Gasteiger charge is 2.24. The fraction of sp³-hybridized carbons (Fsp3) is 0.304. The molecule has 2 heterocycles. The molecule has 0 atom stereocenters. The Morgan fingerprint density at radius 1 is 1.14 bits per heavy atom. The highest BCUT2D eigenvalue weighted by molar-refractivity contribution is 7.15. The van der Waals surface area contributed by atoms with E-state index in [9.17, 15) is 4.79 Å². The Hall–Kier alpha value is -2.50. The van der Waals surface area contributed by atoms with Crippen LogP contribution in [0.3, 0.4) is 0 Å². The van der Waals surface area contributed by atoms with E-state index in [0.717, 1.165) is 12.1 Å². The van der Waals surface area contributed by atoms with Gasteiger partial charge in [0, 0.05) is 24.6 Å². The van der Waals surface area contributed by atoms with Gasteiger partial charge in [0.2, 0.25) is 0 Å². The monoisotopic (exact) mass is 392 g/mol. The zero-order valence-corrected chi connectivity index (χ0v) is 17.0. The molecule has 0 saturated carbocycles. The number of thiazole rings is 1. The fourth-order valence-corrected chi connectivity index (χ4v) is 4.79. The molecule has 0 radical (unpaired) electrons. The highest BCUT2D eigenvalue weighted by Crippen LogP contribution is 2.24. The van der Waals surface area contributed by atoms with Gasteiger partial charge in [0.1, 0.15) is 6.54 Å². The van der Waals surface area contributed by atoms with Crippen molar-refractivity contribution in [2.24, 2.45) is 0 Å². The average Bonchev–Trinajstić information content (AvgIpc) is 3.16. The second kappa shape index (κ2) is 8.67. The van der Waals surface area contributed by atoms with Crippen LogP contribution in [-0.4, -0.2) is 24.0 Å². The third-order valence-electron chi connectivity index (χ3n) is 5.44. The first-order valence-corrected chi connectivity index (χ1v) is 10.7. The Morgan fingerprint density at radius 2 is 1.93 bits per heavy atom. The predicted octanol–water partition coefficient (Wildman–Crippen LogP) is 3.67. The molecule has 0 bridgehead atoms. The lowest BCUT2D eigenvalue weighted by molar-refractivity contribution is -0.918. The minimum atomic E-state index is -0.0966. The van der Waals surface area contributed by atoms with Crippen LogP contribution >= 0.6 is 11.3 Å². The molecule has 2 aromatic carbocycles. The van der Waals surface area contributed by atoms with E-state index in [2.05, 4.69) is 40.6 Å². The van der Waals surface area contributed by atoms with Gasteiger partial charge in [0.15, 0.2) is 5.13 Å². The van der Waals surface area contributed by atoms with E-state index < -0.39 is 0 Å². The maximum Gasteiger partial charge on any atom is 0.257 e. The Morgan fingerprint density at radius 3 is 2.68 bits per heavy atom. The van der Waals surface area contributed by atoms with Gasteiger partial charge in [-0.3, -0.25) is 10.1 Å². The van der Waals surface area contributed by atoms with Gasteiger partial charge >= 0.3 is 0 Å². The molecule has 1 aliphatic heterocycles. The third-order valence-corrected chi connectivity index (χ3v) is 6.35. The van der Waals surface area contributed by atoms with Gasteiger partial charge in [-0.05, 0) is 30.5 Å². The smallest absolute Gasteiger partial charge is 0.257 e. The van der Waals surface area contributed by atoms with E-state index in [1.807, 2.05) is 37.4 Å². The maximum absolute atomic E-state index is 12.4. The van der Waals surface area contributed by atoms with Crippen molar-refractivity contribution < 1.29 is 9.69 Å². The SMILES string of the molecule is Cc1cccc(C(=O)Nc2ncc(C[NH+]3CCC(c4ccccc4)CC3)s2)c1. The van der Waals surface area contributed by atoms with Crippen molar-refractivity contribution >= 4 is 22.4 Å². The van der Waals surface area contributed by atoms with Crippen LogP contribution in [-0.2, 0) is 6.54 Å². The van der Waals surface area contributed by atoms with E-state index in [1.54, 1.807) is 16.2 Å². The van der Waals surface area contributed by atoms with E-state index in [4.69, 9.17) is 0 Å². The summed E-state index contributed by atoms with van der Waals surface area (Å²) >= 11 is 1.59. The Balaban J connectivity index is 1.30. The number of likely N-dealkylation sites (tertiary alicyclic amines) is 1. The number of quaternary nitrogens is 1. The second-order valence-electron chi connectivity index (χ2n) is 7.57. The first-order valence-electron chi connectivity index (χ1n) is 9.88. The zero-order valence-electron chi connectivity index (χ0n) is 16.2. The number of hydrogen-bond donors (Lipinski definition) is 2. The quantitative estimate of drug-likeness (QED) is 0.696. The van der Waals surface area contributed by atoms with Crippen molar-refractivity contribution in [2.75, 3.05) is 18.4 Å². The molecule has 0 spiro atoms. The molecule has 1 saturated heterocycles. The molecule has 1 fully saturated rings. The molecule has 4 nitrogen and oxygen atoms in total.